The summed E-state index contributed by atoms with van der Waals surface area (Å²) >= 11 is 0. The third-order valence-corrected chi connectivity index (χ3v) is 2.80. The quantitative estimate of drug-likeness (QED) is 0.851. The molecule has 2 rings (SSSR count). The first-order valence-corrected chi connectivity index (χ1v) is 5.54. The summed E-state index contributed by atoms with van der Waals surface area (Å²) in [5, 5.41) is 4.32. The Morgan fingerprint density at radius 1 is 1.25 bits per heavy atom. The molecule has 0 aliphatic carbocycles. The minimum atomic E-state index is -0.132. The van der Waals surface area contributed by atoms with Crippen molar-refractivity contribution in [2.75, 3.05) is 0 Å². The standard InChI is InChI=1S/C13H17N3/c1-3-10-4-6-11(7-5-10)13(14)12-8-9-16(2)15-12/h4-9,13H,3,14H2,1-2H3. The first-order chi connectivity index (χ1) is 7.70. The van der Waals surface area contributed by atoms with Gasteiger partial charge in [-0.15, -0.1) is 0 Å². The van der Waals surface area contributed by atoms with Gasteiger partial charge in [0.2, 0.25) is 0 Å². The fourth-order valence-corrected chi connectivity index (χ4v) is 1.73. The molecule has 0 bridgehead atoms. The largest absolute Gasteiger partial charge is 0.319 e. The lowest BCUT2D eigenvalue weighted by atomic mass is 10.0. The summed E-state index contributed by atoms with van der Waals surface area (Å²) in [6.07, 6.45) is 2.97. The Bertz CT molecular complexity index is 456. The number of benzene rings is 1. The van der Waals surface area contributed by atoms with Crippen LogP contribution in [0.2, 0.25) is 0 Å². The number of nitrogens with two attached hydrogens (primary N) is 1. The number of rotatable bonds is 3. The van der Waals surface area contributed by atoms with E-state index in [4.69, 9.17) is 5.73 Å². The molecule has 0 amide bonds. The van der Waals surface area contributed by atoms with E-state index < -0.39 is 0 Å². The van der Waals surface area contributed by atoms with E-state index in [1.165, 1.54) is 5.56 Å². The smallest absolute Gasteiger partial charge is 0.0837 e. The molecule has 0 saturated heterocycles. The van der Waals surface area contributed by atoms with Gasteiger partial charge >= 0.3 is 0 Å². The van der Waals surface area contributed by atoms with E-state index in [1.54, 1.807) is 4.68 Å². The van der Waals surface area contributed by atoms with Crippen LogP contribution in [0.3, 0.4) is 0 Å². The molecule has 0 fully saturated rings. The number of aryl methyl sites for hydroxylation is 2. The summed E-state index contributed by atoms with van der Waals surface area (Å²) < 4.78 is 1.77. The highest BCUT2D eigenvalue weighted by Crippen LogP contribution is 2.18. The van der Waals surface area contributed by atoms with Crippen LogP contribution >= 0.6 is 0 Å². The maximum atomic E-state index is 6.15. The lowest BCUT2D eigenvalue weighted by molar-refractivity contribution is 0.715. The molecule has 1 aromatic heterocycles. The molecule has 0 aliphatic heterocycles. The predicted molar refractivity (Wildman–Crippen MR) is 65.1 cm³/mol. The van der Waals surface area contributed by atoms with Crippen molar-refractivity contribution in [3.05, 3.63) is 53.3 Å². The van der Waals surface area contributed by atoms with Crippen LogP contribution in [0.4, 0.5) is 0 Å². The van der Waals surface area contributed by atoms with Gasteiger partial charge in [0.05, 0.1) is 11.7 Å². The average molecular weight is 215 g/mol. The van der Waals surface area contributed by atoms with Crippen molar-refractivity contribution in [1.29, 1.82) is 0 Å². The minimum absolute atomic E-state index is 0.132. The molecule has 16 heavy (non-hydrogen) atoms. The van der Waals surface area contributed by atoms with Crippen molar-refractivity contribution in [1.82, 2.24) is 9.78 Å². The van der Waals surface area contributed by atoms with Gasteiger partial charge in [-0.25, -0.2) is 0 Å². The van der Waals surface area contributed by atoms with Crippen molar-refractivity contribution in [2.45, 2.75) is 19.4 Å². The zero-order valence-corrected chi connectivity index (χ0v) is 9.72. The Kier molecular flexibility index (Phi) is 3.06. The van der Waals surface area contributed by atoms with Gasteiger partial charge in [-0.1, -0.05) is 31.2 Å². The molecule has 3 heteroatoms. The third kappa shape index (κ3) is 2.14. The normalized spacial score (nSPS) is 12.7. The van der Waals surface area contributed by atoms with E-state index >= 15 is 0 Å². The summed E-state index contributed by atoms with van der Waals surface area (Å²) in [5.41, 5.74) is 9.49. The molecule has 1 atom stereocenters. The molecule has 0 aliphatic rings. The lowest BCUT2D eigenvalue weighted by Gasteiger charge is -2.09. The highest BCUT2D eigenvalue weighted by molar-refractivity contribution is 5.29. The number of aromatic nitrogens is 2. The Balaban J connectivity index is 2.23. The Labute approximate surface area is 95.9 Å². The summed E-state index contributed by atoms with van der Waals surface area (Å²) in [6.45, 7) is 2.15. The maximum Gasteiger partial charge on any atom is 0.0837 e. The molecule has 0 spiro atoms. The van der Waals surface area contributed by atoms with E-state index in [1.807, 2.05) is 19.3 Å². The summed E-state index contributed by atoms with van der Waals surface area (Å²) in [6, 6.07) is 10.2. The van der Waals surface area contributed by atoms with Gasteiger partial charge in [-0.05, 0) is 23.6 Å². The van der Waals surface area contributed by atoms with Crippen LogP contribution in [0.15, 0.2) is 36.5 Å². The second-order valence-electron chi connectivity index (χ2n) is 3.99. The van der Waals surface area contributed by atoms with Crippen molar-refractivity contribution < 1.29 is 0 Å². The van der Waals surface area contributed by atoms with Gasteiger partial charge in [0.15, 0.2) is 0 Å². The molecular formula is C13H17N3. The summed E-state index contributed by atoms with van der Waals surface area (Å²) in [7, 11) is 1.90. The second-order valence-corrected chi connectivity index (χ2v) is 3.99. The van der Waals surface area contributed by atoms with E-state index in [9.17, 15) is 0 Å². The van der Waals surface area contributed by atoms with Crippen LogP contribution < -0.4 is 5.73 Å². The zero-order chi connectivity index (χ0) is 11.5. The Hall–Kier alpha value is -1.61. The topological polar surface area (TPSA) is 43.8 Å². The van der Waals surface area contributed by atoms with Crippen LogP contribution in [0, 0.1) is 0 Å². The van der Waals surface area contributed by atoms with Crippen LogP contribution in [0.5, 0.6) is 0 Å². The summed E-state index contributed by atoms with van der Waals surface area (Å²) in [5.74, 6) is 0. The Morgan fingerprint density at radius 3 is 2.44 bits per heavy atom. The van der Waals surface area contributed by atoms with Gasteiger partial charge in [-0.2, -0.15) is 5.10 Å². The molecule has 1 heterocycles. The Morgan fingerprint density at radius 2 is 1.94 bits per heavy atom. The van der Waals surface area contributed by atoms with Crippen LogP contribution in [-0.2, 0) is 13.5 Å². The van der Waals surface area contributed by atoms with E-state index in [0.29, 0.717) is 0 Å². The summed E-state index contributed by atoms with van der Waals surface area (Å²) in [4.78, 5) is 0. The second kappa shape index (κ2) is 4.49. The maximum absolute atomic E-state index is 6.15. The molecule has 84 valence electrons. The molecule has 2 N–H and O–H groups in total. The van der Waals surface area contributed by atoms with Crippen molar-refractivity contribution in [3.63, 3.8) is 0 Å². The molecular weight excluding hydrogens is 198 g/mol. The highest BCUT2D eigenvalue weighted by atomic mass is 15.3. The third-order valence-electron chi connectivity index (χ3n) is 2.80. The van der Waals surface area contributed by atoms with E-state index in [0.717, 1.165) is 17.7 Å². The van der Waals surface area contributed by atoms with Crippen molar-refractivity contribution in [2.24, 2.45) is 12.8 Å². The van der Waals surface area contributed by atoms with E-state index in [-0.39, 0.29) is 6.04 Å². The number of hydrogen-bond donors (Lipinski definition) is 1. The van der Waals surface area contributed by atoms with Crippen LogP contribution in [0.1, 0.15) is 29.8 Å². The molecule has 0 radical (unpaired) electrons. The van der Waals surface area contributed by atoms with Gasteiger partial charge in [0, 0.05) is 13.2 Å². The first kappa shape index (κ1) is 10.9. The fraction of sp³-hybridized carbons (Fsp3) is 0.308. The van der Waals surface area contributed by atoms with Crippen molar-refractivity contribution in [3.8, 4) is 0 Å². The monoisotopic (exact) mass is 215 g/mol. The zero-order valence-electron chi connectivity index (χ0n) is 9.72. The average Bonchev–Trinajstić information content (AvgIpc) is 2.75. The SMILES string of the molecule is CCc1ccc(C(N)c2ccn(C)n2)cc1. The van der Waals surface area contributed by atoms with Crippen LogP contribution in [-0.4, -0.2) is 9.78 Å². The van der Waals surface area contributed by atoms with E-state index in [2.05, 4.69) is 36.3 Å². The lowest BCUT2D eigenvalue weighted by Crippen LogP contribution is -2.12. The molecule has 1 aromatic carbocycles. The number of hydrogen-bond acceptors (Lipinski definition) is 2. The molecule has 1 unspecified atom stereocenters. The minimum Gasteiger partial charge on any atom is -0.319 e. The van der Waals surface area contributed by atoms with Gasteiger partial charge in [0.25, 0.3) is 0 Å². The van der Waals surface area contributed by atoms with Gasteiger partial charge in [-0.3, -0.25) is 4.68 Å². The fourth-order valence-electron chi connectivity index (χ4n) is 1.73. The highest BCUT2D eigenvalue weighted by Gasteiger charge is 2.10. The molecule has 0 saturated carbocycles. The number of nitrogens with zero attached hydrogens (tertiary/aromatic N) is 2. The molecule has 2 aromatic rings. The van der Waals surface area contributed by atoms with Gasteiger partial charge < -0.3 is 5.73 Å². The predicted octanol–water partition coefficient (Wildman–Crippen LogP) is 2.03. The van der Waals surface area contributed by atoms with Crippen molar-refractivity contribution >= 4 is 0 Å². The molecule has 3 nitrogen and oxygen atoms in total. The van der Waals surface area contributed by atoms with Crippen LogP contribution in [0.25, 0.3) is 0 Å². The van der Waals surface area contributed by atoms with Gasteiger partial charge in [0.1, 0.15) is 0 Å². The first-order valence-electron chi connectivity index (χ1n) is 5.54.